The second-order valence-corrected chi connectivity index (χ2v) is 5.30. The van der Waals surface area contributed by atoms with Gasteiger partial charge in [0.1, 0.15) is 0 Å². The molecule has 1 aliphatic heterocycles. The van der Waals surface area contributed by atoms with E-state index in [2.05, 4.69) is 10.6 Å². The van der Waals surface area contributed by atoms with Gasteiger partial charge in [-0.2, -0.15) is 0 Å². The number of nitrogens with zero attached hydrogens (tertiary/aromatic N) is 1. The molecule has 1 amide bonds. The third-order valence-corrected chi connectivity index (χ3v) is 3.55. The van der Waals surface area contributed by atoms with Crippen molar-refractivity contribution in [1.29, 1.82) is 0 Å². The number of piperidine rings is 1. The molecule has 104 valence electrons. The number of rotatable bonds is 4. The lowest BCUT2D eigenvalue weighted by Gasteiger charge is -2.23. The van der Waals surface area contributed by atoms with Crippen LogP contribution < -0.4 is 15.5 Å². The third-order valence-electron chi connectivity index (χ3n) is 3.55. The van der Waals surface area contributed by atoms with Crippen molar-refractivity contribution >= 4 is 11.6 Å². The summed E-state index contributed by atoms with van der Waals surface area (Å²) >= 11 is 0. The van der Waals surface area contributed by atoms with Crippen LogP contribution in [0.2, 0.25) is 0 Å². The number of anilines is 1. The monoisotopic (exact) mass is 261 g/mol. The summed E-state index contributed by atoms with van der Waals surface area (Å²) in [4.78, 5) is 14.1. The minimum Gasteiger partial charge on any atom is -0.378 e. The van der Waals surface area contributed by atoms with Gasteiger partial charge in [-0.25, -0.2) is 0 Å². The maximum Gasteiger partial charge on any atom is 0.251 e. The van der Waals surface area contributed by atoms with Gasteiger partial charge in [-0.3, -0.25) is 4.79 Å². The number of hydrogen-bond donors (Lipinski definition) is 2. The summed E-state index contributed by atoms with van der Waals surface area (Å²) in [5.41, 5.74) is 1.77. The van der Waals surface area contributed by atoms with Gasteiger partial charge in [0.15, 0.2) is 0 Å². The van der Waals surface area contributed by atoms with Gasteiger partial charge in [-0.1, -0.05) is 12.5 Å². The lowest BCUT2D eigenvalue weighted by atomic mass is 10.0. The molecule has 1 aliphatic rings. The Kier molecular flexibility index (Phi) is 4.80. The second kappa shape index (κ2) is 6.57. The van der Waals surface area contributed by atoms with E-state index in [9.17, 15) is 4.79 Å². The van der Waals surface area contributed by atoms with E-state index in [-0.39, 0.29) is 5.91 Å². The SMILES string of the molecule is CN(C)c1cccc(C(=O)NCC2CCCCN2)c1. The van der Waals surface area contributed by atoms with Crippen LogP contribution in [-0.4, -0.2) is 39.1 Å². The molecular formula is C15H23N3O. The van der Waals surface area contributed by atoms with Gasteiger partial charge in [0.25, 0.3) is 5.91 Å². The van der Waals surface area contributed by atoms with E-state index >= 15 is 0 Å². The Balaban J connectivity index is 1.90. The smallest absolute Gasteiger partial charge is 0.251 e. The normalized spacial score (nSPS) is 18.9. The van der Waals surface area contributed by atoms with Crippen molar-refractivity contribution in [2.75, 3.05) is 32.1 Å². The molecule has 19 heavy (non-hydrogen) atoms. The first-order valence-corrected chi connectivity index (χ1v) is 6.96. The molecule has 2 N–H and O–H groups in total. The summed E-state index contributed by atoms with van der Waals surface area (Å²) in [5, 5.41) is 6.45. The van der Waals surface area contributed by atoms with Crippen molar-refractivity contribution < 1.29 is 4.79 Å². The summed E-state index contributed by atoms with van der Waals surface area (Å²) in [6, 6.07) is 8.12. The zero-order chi connectivity index (χ0) is 13.7. The van der Waals surface area contributed by atoms with E-state index in [1.807, 2.05) is 43.3 Å². The molecule has 0 aromatic heterocycles. The predicted octanol–water partition coefficient (Wildman–Crippen LogP) is 1.62. The highest BCUT2D eigenvalue weighted by Crippen LogP contribution is 2.13. The van der Waals surface area contributed by atoms with E-state index in [0.29, 0.717) is 12.6 Å². The van der Waals surface area contributed by atoms with Crippen molar-refractivity contribution in [2.45, 2.75) is 25.3 Å². The number of amides is 1. The number of carbonyl (C=O) groups excluding carboxylic acids is 1. The largest absolute Gasteiger partial charge is 0.378 e. The van der Waals surface area contributed by atoms with Crippen LogP contribution in [0.4, 0.5) is 5.69 Å². The van der Waals surface area contributed by atoms with E-state index in [0.717, 1.165) is 24.2 Å². The second-order valence-electron chi connectivity index (χ2n) is 5.30. The molecule has 1 atom stereocenters. The summed E-state index contributed by atoms with van der Waals surface area (Å²) < 4.78 is 0. The molecular weight excluding hydrogens is 238 g/mol. The fraction of sp³-hybridized carbons (Fsp3) is 0.533. The van der Waals surface area contributed by atoms with Crippen LogP contribution in [0.1, 0.15) is 29.6 Å². The average molecular weight is 261 g/mol. The van der Waals surface area contributed by atoms with Crippen LogP contribution in [0.25, 0.3) is 0 Å². The Morgan fingerprint density at radius 2 is 2.26 bits per heavy atom. The van der Waals surface area contributed by atoms with E-state index in [4.69, 9.17) is 0 Å². The summed E-state index contributed by atoms with van der Waals surface area (Å²) in [5.74, 6) is 0.0103. The van der Waals surface area contributed by atoms with Gasteiger partial charge in [-0.15, -0.1) is 0 Å². The van der Waals surface area contributed by atoms with Gasteiger partial charge in [0, 0.05) is 37.9 Å². The molecule has 0 spiro atoms. The van der Waals surface area contributed by atoms with Crippen molar-refractivity contribution in [2.24, 2.45) is 0 Å². The van der Waals surface area contributed by atoms with Gasteiger partial charge >= 0.3 is 0 Å². The van der Waals surface area contributed by atoms with Gasteiger partial charge in [0.2, 0.25) is 0 Å². The van der Waals surface area contributed by atoms with E-state index < -0.39 is 0 Å². The van der Waals surface area contributed by atoms with E-state index in [1.165, 1.54) is 12.8 Å². The molecule has 0 bridgehead atoms. The Hall–Kier alpha value is -1.55. The third kappa shape index (κ3) is 3.96. The highest BCUT2D eigenvalue weighted by atomic mass is 16.1. The standard InChI is InChI=1S/C15H23N3O/c1-18(2)14-8-5-6-12(10-14)15(19)17-11-13-7-3-4-9-16-13/h5-6,8,10,13,16H,3-4,7,9,11H2,1-2H3,(H,17,19). The van der Waals surface area contributed by atoms with Crippen LogP contribution in [0.5, 0.6) is 0 Å². The maximum absolute atomic E-state index is 12.1. The zero-order valence-electron chi connectivity index (χ0n) is 11.8. The van der Waals surface area contributed by atoms with Crippen LogP contribution >= 0.6 is 0 Å². The lowest BCUT2D eigenvalue weighted by Crippen LogP contribution is -2.43. The molecule has 1 fully saturated rings. The van der Waals surface area contributed by atoms with Gasteiger partial charge in [-0.05, 0) is 37.6 Å². The molecule has 1 unspecified atom stereocenters. The van der Waals surface area contributed by atoms with Crippen molar-refractivity contribution in [3.05, 3.63) is 29.8 Å². The summed E-state index contributed by atoms with van der Waals surface area (Å²) in [6.07, 6.45) is 3.65. The fourth-order valence-electron chi connectivity index (χ4n) is 2.34. The lowest BCUT2D eigenvalue weighted by molar-refractivity contribution is 0.0948. The number of hydrogen-bond acceptors (Lipinski definition) is 3. The first-order valence-electron chi connectivity index (χ1n) is 6.96. The summed E-state index contributed by atoms with van der Waals surface area (Å²) in [6.45, 7) is 1.78. The number of benzene rings is 1. The maximum atomic E-state index is 12.1. The van der Waals surface area contributed by atoms with E-state index in [1.54, 1.807) is 0 Å². The zero-order valence-corrected chi connectivity index (χ0v) is 11.8. The number of nitrogens with one attached hydrogen (secondary N) is 2. The first kappa shape index (κ1) is 13.9. The van der Waals surface area contributed by atoms with Crippen molar-refractivity contribution in [3.63, 3.8) is 0 Å². The van der Waals surface area contributed by atoms with Crippen molar-refractivity contribution in [1.82, 2.24) is 10.6 Å². The molecule has 0 saturated carbocycles. The first-order chi connectivity index (χ1) is 9.16. The van der Waals surface area contributed by atoms with Gasteiger partial charge < -0.3 is 15.5 Å². The molecule has 1 aromatic rings. The quantitative estimate of drug-likeness (QED) is 0.866. The minimum absolute atomic E-state index is 0.0103. The molecule has 4 nitrogen and oxygen atoms in total. The molecule has 1 saturated heterocycles. The highest BCUT2D eigenvalue weighted by molar-refractivity contribution is 5.95. The van der Waals surface area contributed by atoms with Crippen LogP contribution in [0.15, 0.2) is 24.3 Å². The Morgan fingerprint density at radius 3 is 2.95 bits per heavy atom. The predicted molar refractivity (Wildman–Crippen MR) is 78.7 cm³/mol. The topological polar surface area (TPSA) is 44.4 Å². The molecule has 0 radical (unpaired) electrons. The minimum atomic E-state index is 0.0103. The fourth-order valence-corrected chi connectivity index (χ4v) is 2.34. The molecule has 2 rings (SSSR count). The number of carbonyl (C=O) groups is 1. The Bertz CT molecular complexity index is 425. The molecule has 1 heterocycles. The van der Waals surface area contributed by atoms with Crippen LogP contribution in [-0.2, 0) is 0 Å². The average Bonchev–Trinajstić information content (AvgIpc) is 2.46. The van der Waals surface area contributed by atoms with Crippen LogP contribution in [0, 0.1) is 0 Å². The highest BCUT2D eigenvalue weighted by Gasteiger charge is 2.14. The summed E-state index contributed by atoms with van der Waals surface area (Å²) in [7, 11) is 3.95. The van der Waals surface area contributed by atoms with Gasteiger partial charge in [0.05, 0.1) is 0 Å². The molecule has 1 aromatic carbocycles. The molecule has 4 heteroatoms. The van der Waals surface area contributed by atoms with Crippen molar-refractivity contribution in [3.8, 4) is 0 Å². The Morgan fingerprint density at radius 1 is 1.42 bits per heavy atom. The molecule has 0 aliphatic carbocycles. The Labute approximate surface area is 115 Å². The van der Waals surface area contributed by atoms with Crippen LogP contribution in [0.3, 0.4) is 0 Å².